The van der Waals surface area contributed by atoms with Crippen LogP contribution in [0.15, 0.2) is 24.3 Å². The Morgan fingerprint density at radius 1 is 1.22 bits per heavy atom. The SMILES string of the molecule is Fc1ccc(C2OCc3c2nc(Cl)nc3N2CC[C@@H](F)C2)cc1. The largest absolute Gasteiger partial charge is 0.362 e. The predicted molar refractivity (Wildman–Crippen MR) is 81.8 cm³/mol. The monoisotopic (exact) mass is 337 g/mol. The van der Waals surface area contributed by atoms with Gasteiger partial charge in [-0.3, -0.25) is 0 Å². The Morgan fingerprint density at radius 2 is 2.00 bits per heavy atom. The molecule has 0 N–H and O–H groups in total. The molecule has 0 radical (unpaired) electrons. The lowest BCUT2D eigenvalue weighted by molar-refractivity contribution is 0.0923. The van der Waals surface area contributed by atoms with Crippen molar-refractivity contribution in [3.05, 3.63) is 52.2 Å². The third kappa shape index (κ3) is 2.66. The van der Waals surface area contributed by atoms with Crippen molar-refractivity contribution in [3.8, 4) is 0 Å². The summed E-state index contributed by atoms with van der Waals surface area (Å²) < 4.78 is 32.4. The molecule has 1 aromatic heterocycles. The maximum absolute atomic E-state index is 13.5. The van der Waals surface area contributed by atoms with Gasteiger partial charge in [0.1, 0.15) is 23.9 Å². The molecule has 120 valence electrons. The maximum Gasteiger partial charge on any atom is 0.224 e. The molecule has 0 aliphatic carbocycles. The van der Waals surface area contributed by atoms with Crippen molar-refractivity contribution in [3.63, 3.8) is 0 Å². The number of fused-ring (bicyclic) bond motifs is 1. The fourth-order valence-corrected chi connectivity index (χ4v) is 3.30. The van der Waals surface area contributed by atoms with Gasteiger partial charge in [0.15, 0.2) is 0 Å². The van der Waals surface area contributed by atoms with Crippen LogP contribution >= 0.6 is 11.6 Å². The zero-order valence-corrected chi connectivity index (χ0v) is 12.9. The molecule has 1 aromatic carbocycles. The topological polar surface area (TPSA) is 38.3 Å². The fraction of sp³-hybridized carbons (Fsp3) is 0.375. The molecule has 7 heteroatoms. The summed E-state index contributed by atoms with van der Waals surface area (Å²) in [7, 11) is 0. The molecule has 0 saturated carbocycles. The second-order valence-electron chi connectivity index (χ2n) is 5.75. The second kappa shape index (κ2) is 5.69. The molecule has 3 heterocycles. The summed E-state index contributed by atoms with van der Waals surface area (Å²) in [6.07, 6.45) is -0.776. The van der Waals surface area contributed by atoms with Crippen LogP contribution in [0.2, 0.25) is 5.28 Å². The minimum atomic E-state index is -0.852. The van der Waals surface area contributed by atoms with Gasteiger partial charge >= 0.3 is 0 Å². The second-order valence-corrected chi connectivity index (χ2v) is 6.09. The first-order valence-corrected chi connectivity index (χ1v) is 7.82. The molecule has 2 aromatic rings. The molecule has 0 amide bonds. The van der Waals surface area contributed by atoms with Gasteiger partial charge < -0.3 is 9.64 Å². The van der Waals surface area contributed by atoms with E-state index in [0.29, 0.717) is 37.6 Å². The van der Waals surface area contributed by atoms with E-state index in [4.69, 9.17) is 16.3 Å². The van der Waals surface area contributed by atoms with E-state index in [1.807, 2.05) is 4.90 Å². The summed E-state index contributed by atoms with van der Waals surface area (Å²) >= 11 is 6.06. The summed E-state index contributed by atoms with van der Waals surface area (Å²) in [6.45, 7) is 1.24. The molecular weight excluding hydrogens is 324 g/mol. The number of nitrogens with zero attached hydrogens (tertiary/aromatic N) is 3. The summed E-state index contributed by atoms with van der Waals surface area (Å²) in [6, 6.07) is 6.10. The molecule has 23 heavy (non-hydrogen) atoms. The van der Waals surface area contributed by atoms with Crippen molar-refractivity contribution in [1.29, 1.82) is 0 Å². The molecule has 2 aliphatic heterocycles. The lowest BCUT2D eigenvalue weighted by atomic mass is 10.0. The van der Waals surface area contributed by atoms with Gasteiger partial charge in [0.25, 0.3) is 0 Å². The normalized spacial score (nSPS) is 23.3. The molecule has 2 atom stereocenters. The van der Waals surface area contributed by atoms with E-state index in [1.165, 1.54) is 12.1 Å². The zero-order valence-electron chi connectivity index (χ0n) is 12.2. The Balaban J connectivity index is 1.74. The van der Waals surface area contributed by atoms with Crippen LogP contribution in [0.25, 0.3) is 0 Å². The molecular formula is C16H14ClF2N3O. The first-order valence-electron chi connectivity index (χ1n) is 7.44. The number of ether oxygens (including phenoxy) is 1. The fourth-order valence-electron chi connectivity index (χ4n) is 3.13. The van der Waals surface area contributed by atoms with E-state index in [0.717, 1.165) is 11.1 Å². The highest BCUT2D eigenvalue weighted by Gasteiger charge is 2.34. The van der Waals surface area contributed by atoms with Crippen molar-refractivity contribution >= 4 is 17.4 Å². The van der Waals surface area contributed by atoms with Crippen LogP contribution in [0.5, 0.6) is 0 Å². The van der Waals surface area contributed by atoms with Crippen LogP contribution in [0.3, 0.4) is 0 Å². The van der Waals surface area contributed by atoms with E-state index in [2.05, 4.69) is 9.97 Å². The Labute approximate surface area is 137 Å². The van der Waals surface area contributed by atoms with E-state index in [1.54, 1.807) is 12.1 Å². The highest BCUT2D eigenvalue weighted by Crippen LogP contribution is 2.39. The predicted octanol–water partition coefficient (Wildman–Crippen LogP) is 3.44. The van der Waals surface area contributed by atoms with E-state index in [-0.39, 0.29) is 11.1 Å². The number of hydrogen-bond donors (Lipinski definition) is 0. The number of anilines is 1. The summed E-state index contributed by atoms with van der Waals surface area (Å²) in [5.74, 6) is 0.337. The molecule has 1 saturated heterocycles. The van der Waals surface area contributed by atoms with Gasteiger partial charge in [-0.25, -0.2) is 18.7 Å². The maximum atomic E-state index is 13.5. The third-order valence-electron chi connectivity index (χ3n) is 4.24. The Bertz CT molecular complexity index is 741. The molecule has 1 fully saturated rings. The van der Waals surface area contributed by atoms with Crippen molar-refractivity contribution < 1.29 is 13.5 Å². The van der Waals surface area contributed by atoms with Crippen LogP contribution in [-0.4, -0.2) is 29.2 Å². The van der Waals surface area contributed by atoms with Gasteiger partial charge in [-0.1, -0.05) is 12.1 Å². The van der Waals surface area contributed by atoms with Crippen molar-refractivity contribution in [2.24, 2.45) is 0 Å². The lowest BCUT2D eigenvalue weighted by Crippen LogP contribution is -2.23. The molecule has 1 unspecified atom stereocenters. The van der Waals surface area contributed by atoms with Gasteiger partial charge in [-0.15, -0.1) is 0 Å². The Morgan fingerprint density at radius 3 is 2.70 bits per heavy atom. The smallest absolute Gasteiger partial charge is 0.224 e. The third-order valence-corrected chi connectivity index (χ3v) is 4.40. The van der Waals surface area contributed by atoms with Gasteiger partial charge in [0.2, 0.25) is 5.28 Å². The molecule has 2 aliphatic rings. The number of hydrogen-bond acceptors (Lipinski definition) is 4. The van der Waals surface area contributed by atoms with Crippen LogP contribution in [-0.2, 0) is 11.3 Å². The molecule has 0 bridgehead atoms. The molecule has 4 nitrogen and oxygen atoms in total. The summed E-state index contributed by atoms with van der Waals surface area (Å²) in [5, 5.41) is 0.110. The molecule has 4 rings (SSSR count). The van der Waals surface area contributed by atoms with E-state index in [9.17, 15) is 8.78 Å². The quantitative estimate of drug-likeness (QED) is 0.787. The number of benzene rings is 1. The van der Waals surface area contributed by atoms with Crippen molar-refractivity contribution in [1.82, 2.24) is 9.97 Å². The number of halogens is 3. The number of rotatable bonds is 2. The highest BCUT2D eigenvalue weighted by molar-refractivity contribution is 6.28. The lowest BCUT2D eigenvalue weighted by Gasteiger charge is -2.19. The van der Waals surface area contributed by atoms with E-state index < -0.39 is 12.3 Å². The van der Waals surface area contributed by atoms with Crippen molar-refractivity contribution in [2.75, 3.05) is 18.0 Å². The van der Waals surface area contributed by atoms with Crippen LogP contribution in [0, 0.1) is 5.82 Å². The minimum absolute atomic E-state index is 0.110. The van der Waals surface area contributed by atoms with Gasteiger partial charge in [-0.05, 0) is 35.7 Å². The number of aromatic nitrogens is 2. The average molecular weight is 338 g/mol. The van der Waals surface area contributed by atoms with Gasteiger partial charge in [0.05, 0.1) is 18.8 Å². The average Bonchev–Trinajstić information content (AvgIpc) is 3.14. The van der Waals surface area contributed by atoms with Crippen LogP contribution < -0.4 is 4.90 Å². The Kier molecular flexibility index (Phi) is 3.66. The summed E-state index contributed by atoms with van der Waals surface area (Å²) in [5.41, 5.74) is 2.31. The van der Waals surface area contributed by atoms with E-state index >= 15 is 0 Å². The molecule has 0 spiro atoms. The van der Waals surface area contributed by atoms with Crippen LogP contribution in [0.4, 0.5) is 14.6 Å². The number of alkyl halides is 1. The first kappa shape index (κ1) is 14.8. The van der Waals surface area contributed by atoms with Crippen molar-refractivity contribution in [2.45, 2.75) is 25.3 Å². The standard InChI is InChI=1S/C16H14ClF2N3O/c17-16-20-13-12(15(21-16)22-6-5-11(19)7-22)8-23-14(13)9-1-3-10(18)4-2-9/h1-4,11,14H,5-8H2/t11-,14?/m1/s1. The zero-order chi connectivity index (χ0) is 16.0. The first-order chi connectivity index (χ1) is 11.1. The van der Waals surface area contributed by atoms with Gasteiger partial charge in [0, 0.05) is 12.1 Å². The Hall–Kier alpha value is -1.79. The minimum Gasteiger partial charge on any atom is -0.362 e. The summed E-state index contributed by atoms with van der Waals surface area (Å²) in [4.78, 5) is 10.5. The van der Waals surface area contributed by atoms with Gasteiger partial charge in [-0.2, -0.15) is 0 Å². The highest BCUT2D eigenvalue weighted by atomic mass is 35.5. The van der Waals surface area contributed by atoms with Crippen LogP contribution in [0.1, 0.15) is 29.3 Å².